The second kappa shape index (κ2) is 7.02. The summed E-state index contributed by atoms with van der Waals surface area (Å²) in [5.41, 5.74) is -1.70. The molecule has 2 aromatic heterocycles. The van der Waals surface area contributed by atoms with Gasteiger partial charge in [0.05, 0.1) is 5.39 Å². The Morgan fingerprint density at radius 1 is 1.41 bits per heavy atom. The third-order valence-corrected chi connectivity index (χ3v) is 4.52. The summed E-state index contributed by atoms with van der Waals surface area (Å²) in [7, 11) is 0. The molecule has 146 valence electrons. The van der Waals surface area contributed by atoms with E-state index in [-0.39, 0.29) is 22.8 Å². The van der Waals surface area contributed by atoms with Gasteiger partial charge in [0.1, 0.15) is 35.4 Å². The van der Waals surface area contributed by atoms with Gasteiger partial charge in [-0.1, -0.05) is 11.6 Å². The van der Waals surface area contributed by atoms with E-state index in [2.05, 4.69) is 9.97 Å². The van der Waals surface area contributed by atoms with Crippen LogP contribution in [0.2, 0.25) is 5.15 Å². The van der Waals surface area contributed by atoms with Gasteiger partial charge in [0.2, 0.25) is 0 Å². The van der Waals surface area contributed by atoms with Crippen molar-refractivity contribution in [3.63, 3.8) is 0 Å². The highest BCUT2D eigenvalue weighted by Gasteiger charge is 2.56. The number of aliphatic hydroxyl groups is 1. The Hall–Kier alpha value is -2.30. The van der Waals surface area contributed by atoms with Gasteiger partial charge in [-0.15, -0.1) is 0 Å². The van der Waals surface area contributed by atoms with Crippen molar-refractivity contribution in [3.8, 4) is 0 Å². The molecule has 0 aliphatic carbocycles. The van der Waals surface area contributed by atoms with Crippen molar-refractivity contribution in [2.75, 3.05) is 6.61 Å². The van der Waals surface area contributed by atoms with Gasteiger partial charge in [-0.2, -0.15) is 0 Å². The van der Waals surface area contributed by atoms with Crippen LogP contribution in [0, 0.1) is 5.82 Å². The number of halogens is 2. The van der Waals surface area contributed by atoms with E-state index in [0.717, 1.165) is 12.5 Å². The topological polar surface area (TPSA) is 113 Å². The summed E-state index contributed by atoms with van der Waals surface area (Å²) in [6, 6.07) is 0. The minimum Gasteiger partial charge on any atom is -0.463 e. The molecule has 1 N–H and O–H groups in total. The summed E-state index contributed by atoms with van der Waals surface area (Å²) in [6.45, 7) is 3.48. The summed E-state index contributed by atoms with van der Waals surface area (Å²) in [5.74, 6) is -1.94. The van der Waals surface area contributed by atoms with Crippen LogP contribution in [-0.4, -0.2) is 56.0 Å². The normalized spacial score (nSPS) is 27.7. The van der Waals surface area contributed by atoms with Crippen LogP contribution >= 0.6 is 11.6 Å². The molecule has 0 saturated carbocycles. The molecule has 11 heteroatoms. The maximum atomic E-state index is 14.4. The van der Waals surface area contributed by atoms with Crippen molar-refractivity contribution in [3.05, 3.63) is 23.5 Å². The van der Waals surface area contributed by atoms with Crippen LogP contribution in [0.15, 0.2) is 12.5 Å². The zero-order chi connectivity index (χ0) is 19.9. The second-order valence-corrected chi connectivity index (χ2v) is 6.69. The Morgan fingerprint density at radius 2 is 2.11 bits per heavy atom. The third-order valence-electron chi connectivity index (χ3n) is 4.23. The first-order valence-electron chi connectivity index (χ1n) is 7.98. The molecule has 4 atom stereocenters. The van der Waals surface area contributed by atoms with Crippen LogP contribution in [-0.2, 0) is 23.8 Å². The van der Waals surface area contributed by atoms with Crippen molar-refractivity contribution >= 4 is 34.6 Å². The summed E-state index contributed by atoms with van der Waals surface area (Å²) >= 11 is 5.93. The van der Waals surface area contributed by atoms with Crippen molar-refractivity contribution < 1.29 is 33.3 Å². The molecule has 3 heterocycles. The van der Waals surface area contributed by atoms with E-state index in [1.165, 1.54) is 25.3 Å². The van der Waals surface area contributed by atoms with Crippen LogP contribution in [0.5, 0.6) is 0 Å². The van der Waals surface area contributed by atoms with Gasteiger partial charge in [-0.3, -0.25) is 14.2 Å². The molecule has 1 aliphatic rings. The maximum Gasteiger partial charge on any atom is 0.303 e. The molecule has 0 aromatic carbocycles. The molecule has 0 spiro atoms. The first kappa shape index (κ1) is 19.5. The molecule has 1 saturated heterocycles. The van der Waals surface area contributed by atoms with Crippen molar-refractivity contribution in [2.45, 2.75) is 44.8 Å². The number of esters is 2. The van der Waals surface area contributed by atoms with E-state index < -0.39 is 41.8 Å². The van der Waals surface area contributed by atoms with E-state index in [1.807, 2.05) is 0 Å². The lowest BCUT2D eigenvalue weighted by Crippen LogP contribution is -2.47. The van der Waals surface area contributed by atoms with Gasteiger partial charge in [0.25, 0.3) is 0 Å². The highest BCUT2D eigenvalue weighted by atomic mass is 35.5. The maximum absolute atomic E-state index is 14.4. The van der Waals surface area contributed by atoms with Crippen LogP contribution in [0.4, 0.5) is 4.39 Å². The zero-order valence-electron chi connectivity index (χ0n) is 14.7. The summed E-state index contributed by atoms with van der Waals surface area (Å²) < 4.78 is 31.5. The second-order valence-electron chi connectivity index (χ2n) is 6.33. The fraction of sp³-hybridized carbons (Fsp3) is 0.500. The van der Waals surface area contributed by atoms with Crippen LogP contribution in [0.1, 0.15) is 27.0 Å². The molecule has 9 nitrogen and oxygen atoms in total. The van der Waals surface area contributed by atoms with Gasteiger partial charge < -0.3 is 19.3 Å². The van der Waals surface area contributed by atoms with E-state index in [0.29, 0.717) is 0 Å². The molecule has 0 amide bonds. The van der Waals surface area contributed by atoms with Crippen LogP contribution < -0.4 is 0 Å². The van der Waals surface area contributed by atoms with Crippen LogP contribution in [0.3, 0.4) is 0 Å². The predicted molar refractivity (Wildman–Crippen MR) is 89.2 cm³/mol. The van der Waals surface area contributed by atoms with Gasteiger partial charge in [-0.25, -0.2) is 14.4 Å². The van der Waals surface area contributed by atoms with Gasteiger partial charge in [0.15, 0.2) is 18.1 Å². The molecule has 1 fully saturated rings. The summed E-state index contributed by atoms with van der Waals surface area (Å²) in [5, 5.41) is 10.9. The Balaban J connectivity index is 2.04. The Morgan fingerprint density at radius 3 is 2.74 bits per heavy atom. The van der Waals surface area contributed by atoms with Crippen LogP contribution in [0.25, 0.3) is 11.0 Å². The van der Waals surface area contributed by atoms with Gasteiger partial charge >= 0.3 is 11.9 Å². The average Bonchev–Trinajstić information content (AvgIpc) is 3.01. The first-order chi connectivity index (χ1) is 12.6. The number of fused-ring (bicyclic) bond motifs is 1. The van der Waals surface area contributed by atoms with Crippen molar-refractivity contribution in [2.24, 2.45) is 0 Å². The smallest absolute Gasteiger partial charge is 0.303 e. The quantitative estimate of drug-likeness (QED) is 0.603. The number of carbonyl (C=O) groups is 2. The number of ether oxygens (including phenoxy) is 3. The molecule has 0 radical (unpaired) electrons. The minimum atomic E-state index is -1.79. The lowest BCUT2D eigenvalue weighted by Gasteiger charge is -2.29. The highest BCUT2D eigenvalue weighted by Crippen LogP contribution is 2.42. The summed E-state index contributed by atoms with van der Waals surface area (Å²) in [6.07, 6.45) is -1.14. The lowest BCUT2D eigenvalue weighted by molar-refractivity contribution is -0.162. The molecule has 1 aliphatic heterocycles. The Kier molecular flexibility index (Phi) is 5.06. The number of carbonyl (C=O) groups excluding carboxylic acids is 2. The molecule has 3 rings (SSSR count). The van der Waals surface area contributed by atoms with E-state index in [9.17, 15) is 19.1 Å². The fourth-order valence-corrected chi connectivity index (χ4v) is 3.34. The molecular weight excluding hydrogens is 385 g/mol. The van der Waals surface area contributed by atoms with Crippen molar-refractivity contribution in [1.29, 1.82) is 0 Å². The Labute approximate surface area is 158 Å². The number of aromatic nitrogens is 3. The number of nitrogens with zero attached hydrogens (tertiary/aromatic N) is 3. The lowest BCUT2D eigenvalue weighted by atomic mass is 9.96. The van der Waals surface area contributed by atoms with E-state index in [4.69, 9.17) is 25.8 Å². The predicted octanol–water partition coefficient (Wildman–Crippen LogP) is 1.37. The number of hydrogen-bond donors (Lipinski definition) is 1. The average molecular weight is 402 g/mol. The standard InChI is InChI=1S/C16H17ClFN3O6/c1-7(22)25-5-10-12(26-8(2)23)16(3,24)15(27-10)21-4-9(18)11-13(17)19-6-20-14(11)21/h4,6,10,12,15,24H,5H2,1-3H3/t10-,12-,15-,16+/m1/s1. The monoisotopic (exact) mass is 401 g/mol. The van der Waals surface area contributed by atoms with E-state index >= 15 is 0 Å². The SMILES string of the molecule is CC(=O)OC[C@H]1O[C@@H](n2cc(F)c3c(Cl)ncnc32)[C@@](C)(O)[C@@H]1OC(C)=O. The number of rotatable bonds is 4. The fourth-order valence-electron chi connectivity index (χ4n) is 3.12. The molecule has 27 heavy (non-hydrogen) atoms. The largest absolute Gasteiger partial charge is 0.463 e. The number of hydrogen-bond acceptors (Lipinski definition) is 8. The first-order valence-corrected chi connectivity index (χ1v) is 8.35. The minimum absolute atomic E-state index is 0.0361. The molecule has 0 unspecified atom stereocenters. The molecular formula is C16H17ClFN3O6. The third kappa shape index (κ3) is 3.47. The zero-order valence-corrected chi connectivity index (χ0v) is 15.4. The molecule has 2 aromatic rings. The van der Waals surface area contributed by atoms with Gasteiger partial charge in [0, 0.05) is 20.0 Å². The van der Waals surface area contributed by atoms with Gasteiger partial charge in [-0.05, 0) is 6.92 Å². The highest BCUT2D eigenvalue weighted by molar-refractivity contribution is 6.34. The summed E-state index contributed by atoms with van der Waals surface area (Å²) in [4.78, 5) is 30.3. The van der Waals surface area contributed by atoms with Crippen molar-refractivity contribution in [1.82, 2.24) is 14.5 Å². The molecule has 0 bridgehead atoms. The Bertz CT molecular complexity index is 902. The van der Waals surface area contributed by atoms with E-state index in [1.54, 1.807) is 0 Å².